The quantitative estimate of drug-likeness (QED) is 0.817. The minimum atomic E-state index is -0.368. The lowest BCUT2D eigenvalue weighted by atomic mass is 10.1. The number of aromatic nitrogens is 2. The molecule has 1 aromatic heterocycles. The Hall–Kier alpha value is -1.99. The number of likely N-dealkylation sites (tertiary alicyclic amines) is 1. The summed E-state index contributed by atoms with van der Waals surface area (Å²) in [5, 5.41) is 13.0. The summed E-state index contributed by atoms with van der Waals surface area (Å²) in [6.07, 6.45) is 1.06. The molecule has 8 heteroatoms. The SMILES string of the molecule is CC(C)Cc1nnc(NC(=O)[C@@H]2CC(=O)N(Cc3ccc(Cl)cc3)C2)s1. The largest absolute Gasteiger partial charge is 0.338 e. The third kappa shape index (κ3) is 4.80. The first kappa shape index (κ1) is 18.8. The summed E-state index contributed by atoms with van der Waals surface area (Å²) in [5.74, 6) is -0.0744. The smallest absolute Gasteiger partial charge is 0.231 e. The number of nitrogens with zero attached hydrogens (tertiary/aromatic N) is 3. The topological polar surface area (TPSA) is 75.2 Å². The van der Waals surface area contributed by atoms with Crippen molar-refractivity contribution in [1.29, 1.82) is 0 Å². The Labute approximate surface area is 161 Å². The van der Waals surface area contributed by atoms with Crippen molar-refractivity contribution < 1.29 is 9.59 Å². The predicted molar refractivity (Wildman–Crippen MR) is 102 cm³/mol. The highest BCUT2D eigenvalue weighted by Gasteiger charge is 2.34. The summed E-state index contributed by atoms with van der Waals surface area (Å²) in [6, 6.07) is 7.37. The van der Waals surface area contributed by atoms with Crippen molar-refractivity contribution in [1.82, 2.24) is 15.1 Å². The van der Waals surface area contributed by atoms with Crippen molar-refractivity contribution in [3.8, 4) is 0 Å². The molecule has 0 saturated carbocycles. The number of amides is 2. The van der Waals surface area contributed by atoms with Crippen LogP contribution in [0.5, 0.6) is 0 Å². The van der Waals surface area contributed by atoms with Crippen LogP contribution >= 0.6 is 22.9 Å². The van der Waals surface area contributed by atoms with E-state index in [4.69, 9.17) is 11.6 Å². The van der Waals surface area contributed by atoms with E-state index in [1.54, 1.807) is 17.0 Å². The Balaban J connectivity index is 1.56. The van der Waals surface area contributed by atoms with Crippen LogP contribution in [0.15, 0.2) is 24.3 Å². The predicted octanol–water partition coefficient (Wildman–Crippen LogP) is 3.38. The lowest BCUT2D eigenvalue weighted by molar-refractivity contribution is -0.128. The van der Waals surface area contributed by atoms with E-state index in [-0.39, 0.29) is 24.2 Å². The van der Waals surface area contributed by atoms with Gasteiger partial charge in [0.1, 0.15) is 5.01 Å². The van der Waals surface area contributed by atoms with Gasteiger partial charge in [-0.3, -0.25) is 9.59 Å². The van der Waals surface area contributed by atoms with Gasteiger partial charge >= 0.3 is 0 Å². The van der Waals surface area contributed by atoms with Gasteiger partial charge in [-0.25, -0.2) is 0 Å². The van der Waals surface area contributed by atoms with Gasteiger partial charge in [-0.1, -0.05) is 48.9 Å². The van der Waals surface area contributed by atoms with E-state index >= 15 is 0 Å². The second-order valence-corrected chi connectivity index (χ2v) is 8.39. The highest BCUT2D eigenvalue weighted by Crippen LogP contribution is 2.24. The average Bonchev–Trinajstić information content (AvgIpc) is 3.16. The number of benzene rings is 1. The number of hydrogen-bond donors (Lipinski definition) is 1. The Morgan fingerprint density at radius 2 is 2.08 bits per heavy atom. The minimum Gasteiger partial charge on any atom is -0.338 e. The Morgan fingerprint density at radius 3 is 2.77 bits per heavy atom. The Morgan fingerprint density at radius 1 is 1.35 bits per heavy atom. The molecule has 0 radical (unpaired) electrons. The molecule has 1 atom stereocenters. The molecule has 1 fully saturated rings. The van der Waals surface area contributed by atoms with E-state index in [9.17, 15) is 9.59 Å². The van der Waals surface area contributed by atoms with Crippen molar-refractivity contribution in [2.24, 2.45) is 11.8 Å². The van der Waals surface area contributed by atoms with Gasteiger partial charge in [-0.2, -0.15) is 0 Å². The zero-order valence-corrected chi connectivity index (χ0v) is 16.3. The van der Waals surface area contributed by atoms with Gasteiger partial charge in [0.05, 0.1) is 5.92 Å². The van der Waals surface area contributed by atoms with Crippen molar-refractivity contribution in [2.45, 2.75) is 33.2 Å². The number of anilines is 1. The summed E-state index contributed by atoms with van der Waals surface area (Å²) >= 11 is 7.27. The molecule has 1 saturated heterocycles. The van der Waals surface area contributed by atoms with Crippen molar-refractivity contribution in [3.63, 3.8) is 0 Å². The molecule has 1 aliphatic rings. The summed E-state index contributed by atoms with van der Waals surface area (Å²) in [5.41, 5.74) is 0.992. The maximum Gasteiger partial charge on any atom is 0.231 e. The maximum absolute atomic E-state index is 12.5. The maximum atomic E-state index is 12.5. The molecule has 1 aliphatic heterocycles. The average molecular weight is 393 g/mol. The molecule has 3 rings (SSSR count). The molecule has 1 aromatic carbocycles. The summed E-state index contributed by atoms with van der Waals surface area (Å²) in [7, 11) is 0. The van der Waals surface area contributed by atoms with Crippen molar-refractivity contribution in [3.05, 3.63) is 39.9 Å². The monoisotopic (exact) mass is 392 g/mol. The fraction of sp³-hybridized carbons (Fsp3) is 0.444. The van der Waals surface area contributed by atoms with Crippen LogP contribution in [0, 0.1) is 11.8 Å². The van der Waals surface area contributed by atoms with Crippen molar-refractivity contribution in [2.75, 3.05) is 11.9 Å². The third-order valence-electron chi connectivity index (χ3n) is 4.15. The molecule has 0 bridgehead atoms. The molecular formula is C18H21ClN4O2S. The van der Waals surface area contributed by atoms with Crippen LogP contribution in [0.4, 0.5) is 5.13 Å². The molecule has 1 N–H and O–H groups in total. The highest BCUT2D eigenvalue weighted by atomic mass is 35.5. The van der Waals surface area contributed by atoms with Gasteiger partial charge < -0.3 is 10.2 Å². The van der Waals surface area contributed by atoms with Gasteiger partial charge in [0, 0.05) is 31.0 Å². The number of rotatable bonds is 6. The molecule has 6 nitrogen and oxygen atoms in total. The first-order valence-corrected chi connectivity index (χ1v) is 9.75. The normalized spacial score (nSPS) is 17.2. The summed E-state index contributed by atoms with van der Waals surface area (Å²) in [4.78, 5) is 26.4. The number of carbonyl (C=O) groups is 2. The standard InChI is InChI=1S/C18H21ClN4O2S/c1-11(2)7-15-21-22-18(26-15)20-17(25)13-8-16(24)23(10-13)9-12-3-5-14(19)6-4-12/h3-6,11,13H,7-10H2,1-2H3,(H,20,22,25)/t13-/m1/s1. The second kappa shape index (κ2) is 8.14. The Bertz CT molecular complexity index is 791. The fourth-order valence-corrected chi connectivity index (χ4v) is 3.93. The molecule has 0 spiro atoms. The first-order valence-electron chi connectivity index (χ1n) is 8.56. The first-order chi connectivity index (χ1) is 12.4. The van der Waals surface area contributed by atoms with E-state index in [2.05, 4.69) is 29.4 Å². The van der Waals surface area contributed by atoms with Crippen LogP contribution in [-0.4, -0.2) is 33.5 Å². The molecule has 2 heterocycles. The molecule has 138 valence electrons. The minimum absolute atomic E-state index is 0.0159. The number of hydrogen-bond acceptors (Lipinski definition) is 5. The molecular weight excluding hydrogens is 372 g/mol. The lowest BCUT2D eigenvalue weighted by Crippen LogP contribution is -2.28. The summed E-state index contributed by atoms with van der Waals surface area (Å²) in [6.45, 7) is 5.11. The van der Waals surface area contributed by atoms with Crippen LogP contribution < -0.4 is 5.32 Å². The van der Waals surface area contributed by atoms with Crippen LogP contribution in [-0.2, 0) is 22.6 Å². The van der Waals surface area contributed by atoms with Crippen LogP contribution in [0.1, 0.15) is 30.8 Å². The van der Waals surface area contributed by atoms with Crippen LogP contribution in [0.25, 0.3) is 0 Å². The van der Waals surface area contributed by atoms with Crippen LogP contribution in [0.3, 0.4) is 0 Å². The van der Waals surface area contributed by atoms with Gasteiger partial charge in [0.25, 0.3) is 0 Å². The van der Waals surface area contributed by atoms with Gasteiger partial charge in [0.15, 0.2) is 0 Å². The van der Waals surface area contributed by atoms with E-state index in [0.717, 1.165) is 17.0 Å². The molecule has 26 heavy (non-hydrogen) atoms. The van der Waals surface area contributed by atoms with E-state index in [1.807, 2.05) is 12.1 Å². The van der Waals surface area contributed by atoms with E-state index < -0.39 is 0 Å². The number of nitrogens with one attached hydrogen (secondary N) is 1. The van der Waals surface area contributed by atoms with Crippen LogP contribution in [0.2, 0.25) is 5.02 Å². The van der Waals surface area contributed by atoms with Crippen molar-refractivity contribution >= 4 is 39.9 Å². The number of carbonyl (C=O) groups excluding carboxylic acids is 2. The van der Waals surface area contributed by atoms with Gasteiger partial charge in [-0.15, -0.1) is 10.2 Å². The Kier molecular flexibility index (Phi) is 5.88. The molecule has 2 amide bonds. The van der Waals surface area contributed by atoms with Gasteiger partial charge in [-0.05, 0) is 23.6 Å². The molecule has 0 aliphatic carbocycles. The lowest BCUT2D eigenvalue weighted by Gasteiger charge is -2.16. The fourth-order valence-electron chi connectivity index (χ4n) is 2.85. The summed E-state index contributed by atoms with van der Waals surface area (Å²) < 4.78 is 0. The second-order valence-electron chi connectivity index (χ2n) is 6.89. The molecule has 0 unspecified atom stereocenters. The number of halogens is 1. The zero-order chi connectivity index (χ0) is 18.7. The highest BCUT2D eigenvalue weighted by molar-refractivity contribution is 7.15. The van der Waals surface area contributed by atoms with E-state index in [0.29, 0.717) is 29.2 Å². The zero-order valence-electron chi connectivity index (χ0n) is 14.7. The van der Waals surface area contributed by atoms with Gasteiger partial charge in [0.2, 0.25) is 16.9 Å². The third-order valence-corrected chi connectivity index (χ3v) is 5.26. The molecule has 2 aromatic rings. The van der Waals surface area contributed by atoms with E-state index in [1.165, 1.54) is 11.3 Å².